The predicted molar refractivity (Wildman–Crippen MR) is 82.7 cm³/mol. The largest absolute Gasteiger partial charge is 0.364 e. The highest BCUT2D eigenvalue weighted by atomic mass is 32.1. The molecule has 0 aliphatic heterocycles. The number of rotatable bonds is 3. The molecule has 4 N–H and O–H groups in total. The highest BCUT2D eigenvalue weighted by molar-refractivity contribution is 7.80. The minimum absolute atomic E-state index is 0.154. The molecule has 0 spiro atoms. The Morgan fingerprint density at radius 3 is 2.60 bits per heavy atom. The van der Waals surface area contributed by atoms with Crippen LogP contribution in [0, 0.1) is 6.92 Å². The molecule has 0 saturated carbocycles. The molecule has 1 amide bonds. The van der Waals surface area contributed by atoms with E-state index in [0.717, 1.165) is 11.3 Å². The van der Waals surface area contributed by atoms with Crippen LogP contribution in [0.25, 0.3) is 0 Å². The first-order chi connectivity index (χ1) is 9.47. The van der Waals surface area contributed by atoms with Gasteiger partial charge in [-0.2, -0.15) is 5.10 Å². The fourth-order valence-electron chi connectivity index (χ4n) is 1.75. The van der Waals surface area contributed by atoms with Crippen molar-refractivity contribution in [3.05, 3.63) is 41.7 Å². The molecule has 0 aliphatic rings. The van der Waals surface area contributed by atoms with E-state index in [1.807, 2.05) is 31.2 Å². The van der Waals surface area contributed by atoms with Gasteiger partial charge in [-0.1, -0.05) is 18.2 Å². The number of aromatic nitrogens is 2. The number of anilines is 2. The standard InChI is InChI=1S/C13H15N5OS/c1-8-5-3-4-6-9(8)15-13(20)16-10-7-18(2)17-11(10)12(14)19/h3-7H,1-2H3,(H2,14,19)(H2,15,16,20). The minimum atomic E-state index is -0.605. The molecule has 7 heteroatoms. The Balaban J connectivity index is 2.13. The van der Waals surface area contributed by atoms with Gasteiger partial charge in [0.2, 0.25) is 0 Å². The zero-order valence-corrected chi connectivity index (χ0v) is 12.0. The number of hydrogen-bond acceptors (Lipinski definition) is 3. The second kappa shape index (κ2) is 5.70. The molecule has 0 aliphatic carbocycles. The van der Waals surface area contributed by atoms with Gasteiger partial charge in [-0.25, -0.2) is 0 Å². The van der Waals surface area contributed by atoms with Crippen LogP contribution in [0.1, 0.15) is 16.1 Å². The van der Waals surface area contributed by atoms with Gasteiger partial charge < -0.3 is 16.4 Å². The molecule has 0 radical (unpaired) electrons. The number of aryl methyl sites for hydroxylation is 2. The molecule has 104 valence electrons. The van der Waals surface area contributed by atoms with E-state index in [1.54, 1.807) is 13.2 Å². The van der Waals surface area contributed by atoms with E-state index in [2.05, 4.69) is 15.7 Å². The van der Waals surface area contributed by atoms with Gasteiger partial charge in [-0.15, -0.1) is 0 Å². The summed E-state index contributed by atoms with van der Waals surface area (Å²) in [6, 6.07) is 7.76. The number of carbonyl (C=O) groups excluding carboxylic acids is 1. The number of benzene rings is 1. The Kier molecular flexibility index (Phi) is 3.99. The third kappa shape index (κ3) is 3.12. The van der Waals surface area contributed by atoms with Gasteiger partial charge >= 0.3 is 0 Å². The number of nitrogens with zero attached hydrogens (tertiary/aromatic N) is 2. The summed E-state index contributed by atoms with van der Waals surface area (Å²) in [5, 5.41) is 10.3. The van der Waals surface area contributed by atoms with Crippen LogP contribution < -0.4 is 16.4 Å². The number of thiocarbonyl (C=S) groups is 1. The number of hydrogen-bond donors (Lipinski definition) is 3. The Morgan fingerprint density at radius 2 is 1.95 bits per heavy atom. The van der Waals surface area contributed by atoms with E-state index < -0.39 is 5.91 Å². The summed E-state index contributed by atoms with van der Waals surface area (Å²) < 4.78 is 1.50. The van der Waals surface area contributed by atoms with Crippen molar-refractivity contribution in [3.63, 3.8) is 0 Å². The fourth-order valence-corrected chi connectivity index (χ4v) is 1.97. The Morgan fingerprint density at radius 1 is 1.30 bits per heavy atom. The first kappa shape index (κ1) is 14.0. The van der Waals surface area contributed by atoms with Crippen LogP contribution in [0.3, 0.4) is 0 Å². The van der Waals surface area contributed by atoms with Crippen LogP contribution in [-0.4, -0.2) is 20.8 Å². The second-order valence-electron chi connectivity index (χ2n) is 4.32. The third-order valence-corrected chi connectivity index (χ3v) is 2.91. The molecule has 1 aromatic heterocycles. The van der Waals surface area contributed by atoms with E-state index in [1.165, 1.54) is 4.68 Å². The number of carbonyl (C=O) groups is 1. The fraction of sp³-hybridized carbons (Fsp3) is 0.154. The molecule has 1 aromatic carbocycles. The lowest BCUT2D eigenvalue weighted by molar-refractivity contribution is 0.0995. The van der Waals surface area contributed by atoms with Crippen LogP contribution in [0.2, 0.25) is 0 Å². The maximum Gasteiger partial charge on any atom is 0.271 e. The van der Waals surface area contributed by atoms with Crippen LogP contribution in [0.5, 0.6) is 0 Å². The monoisotopic (exact) mass is 289 g/mol. The number of amides is 1. The molecule has 0 fully saturated rings. The van der Waals surface area contributed by atoms with E-state index in [0.29, 0.717) is 10.8 Å². The van der Waals surface area contributed by atoms with Crippen molar-refractivity contribution in [1.82, 2.24) is 9.78 Å². The van der Waals surface area contributed by atoms with Crippen LogP contribution >= 0.6 is 12.2 Å². The smallest absolute Gasteiger partial charge is 0.271 e. The van der Waals surface area contributed by atoms with Crippen molar-refractivity contribution in [2.45, 2.75) is 6.92 Å². The van der Waals surface area contributed by atoms with Crippen LogP contribution in [0.15, 0.2) is 30.5 Å². The molecule has 0 bridgehead atoms. The number of para-hydroxylation sites is 1. The predicted octanol–water partition coefficient (Wildman–Crippen LogP) is 1.64. The lowest BCUT2D eigenvalue weighted by Crippen LogP contribution is -2.22. The summed E-state index contributed by atoms with van der Waals surface area (Å²) in [6.07, 6.45) is 1.64. The van der Waals surface area contributed by atoms with Gasteiger partial charge in [0.25, 0.3) is 5.91 Å². The summed E-state index contributed by atoms with van der Waals surface area (Å²) in [7, 11) is 1.70. The quantitative estimate of drug-likeness (QED) is 0.748. The summed E-state index contributed by atoms with van der Waals surface area (Å²) >= 11 is 5.22. The molecular formula is C13H15N5OS. The van der Waals surface area contributed by atoms with Crippen molar-refractivity contribution in [2.24, 2.45) is 12.8 Å². The van der Waals surface area contributed by atoms with Crippen molar-refractivity contribution in [3.8, 4) is 0 Å². The Hall–Kier alpha value is -2.41. The topological polar surface area (TPSA) is 85.0 Å². The first-order valence-corrected chi connectivity index (χ1v) is 6.35. The molecular weight excluding hydrogens is 274 g/mol. The maximum absolute atomic E-state index is 11.3. The van der Waals surface area contributed by atoms with Crippen LogP contribution in [0.4, 0.5) is 11.4 Å². The van der Waals surface area contributed by atoms with Crippen molar-refractivity contribution in [1.29, 1.82) is 0 Å². The SMILES string of the molecule is Cc1ccccc1NC(=S)Nc1cn(C)nc1C(N)=O. The first-order valence-electron chi connectivity index (χ1n) is 5.94. The van der Waals surface area contributed by atoms with Gasteiger partial charge in [0.15, 0.2) is 10.8 Å². The van der Waals surface area contributed by atoms with Crippen molar-refractivity contribution in [2.75, 3.05) is 10.6 Å². The molecule has 0 saturated heterocycles. The third-order valence-electron chi connectivity index (χ3n) is 2.70. The normalized spacial score (nSPS) is 10.1. The molecule has 0 atom stereocenters. The molecule has 2 aromatic rings. The number of nitrogens with one attached hydrogen (secondary N) is 2. The van der Waals surface area contributed by atoms with Gasteiger partial charge in [0.1, 0.15) is 0 Å². The average Bonchev–Trinajstić information content (AvgIpc) is 2.73. The Labute approximate surface area is 122 Å². The highest BCUT2D eigenvalue weighted by Crippen LogP contribution is 2.16. The lowest BCUT2D eigenvalue weighted by Gasteiger charge is -2.11. The maximum atomic E-state index is 11.3. The van der Waals surface area contributed by atoms with E-state index in [9.17, 15) is 4.79 Å². The van der Waals surface area contributed by atoms with Gasteiger partial charge in [0.05, 0.1) is 5.69 Å². The minimum Gasteiger partial charge on any atom is -0.364 e. The zero-order chi connectivity index (χ0) is 14.7. The molecule has 1 heterocycles. The van der Waals surface area contributed by atoms with E-state index in [4.69, 9.17) is 18.0 Å². The number of primary amides is 1. The summed E-state index contributed by atoms with van der Waals surface area (Å²) in [5.74, 6) is -0.605. The molecule has 20 heavy (non-hydrogen) atoms. The Bertz CT molecular complexity index is 665. The number of nitrogens with two attached hydrogens (primary N) is 1. The lowest BCUT2D eigenvalue weighted by atomic mass is 10.2. The molecule has 6 nitrogen and oxygen atoms in total. The highest BCUT2D eigenvalue weighted by Gasteiger charge is 2.14. The molecule has 0 unspecified atom stereocenters. The van der Waals surface area contributed by atoms with Gasteiger partial charge in [-0.3, -0.25) is 9.48 Å². The summed E-state index contributed by atoms with van der Waals surface area (Å²) in [5.41, 5.74) is 7.86. The second-order valence-corrected chi connectivity index (χ2v) is 4.73. The molecule has 2 rings (SSSR count). The van der Waals surface area contributed by atoms with Crippen molar-refractivity contribution < 1.29 is 4.79 Å². The van der Waals surface area contributed by atoms with Gasteiger partial charge in [0, 0.05) is 18.9 Å². The average molecular weight is 289 g/mol. The van der Waals surface area contributed by atoms with Gasteiger partial charge in [-0.05, 0) is 30.8 Å². The summed E-state index contributed by atoms with van der Waals surface area (Å²) in [4.78, 5) is 11.3. The summed E-state index contributed by atoms with van der Waals surface area (Å²) in [6.45, 7) is 1.98. The van der Waals surface area contributed by atoms with Crippen LogP contribution in [-0.2, 0) is 7.05 Å². The van der Waals surface area contributed by atoms with Crippen molar-refractivity contribution >= 4 is 34.6 Å². The van der Waals surface area contributed by atoms with E-state index in [-0.39, 0.29) is 5.69 Å². The zero-order valence-electron chi connectivity index (χ0n) is 11.2. The van der Waals surface area contributed by atoms with E-state index >= 15 is 0 Å².